The Morgan fingerprint density at radius 1 is 1.20 bits per heavy atom. The Balaban J connectivity index is 2.43. The molecule has 0 aromatic heterocycles. The van der Waals surface area contributed by atoms with Gasteiger partial charge in [-0.3, -0.25) is 0 Å². The molecule has 1 atom stereocenters. The fraction of sp³-hybridized carbons (Fsp3) is 0.533. The minimum Gasteiger partial charge on any atom is -0.399 e. The summed E-state index contributed by atoms with van der Waals surface area (Å²) in [6, 6.07) is 6.53. The van der Waals surface area contributed by atoms with Crippen LogP contribution >= 0.6 is 0 Å². The Kier molecular flexibility index (Phi) is 3.66. The molecule has 0 saturated carbocycles. The SMILES string of the molecule is CC(C#N)c1cc(F)ccc1B1OC(C)(C)C(C)(C)O1. The van der Waals surface area contributed by atoms with Gasteiger partial charge >= 0.3 is 7.12 Å². The summed E-state index contributed by atoms with van der Waals surface area (Å²) >= 11 is 0. The summed E-state index contributed by atoms with van der Waals surface area (Å²) in [6.07, 6.45) is 0. The second-order valence-corrected chi connectivity index (χ2v) is 6.21. The molecule has 0 radical (unpaired) electrons. The summed E-state index contributed by atoms with van der Waals surface area (Å²) in [5.41, 5.74) is 0.420. The zero-order valence-corrected chi connectivity index (χ0v) is 12.5. The zero-order chi connectivity index (χ0) is 15.1. The molecule has 3 nitrogen and oxygen atoms in total. The number of rotatable bonds is 2. The average Bonchev–Trinajstić information content (AvgIpc) is 2.57. The van der Waals surface area contributed by atoms with Crippen LogP contribution in [0.1, 0.15) is 46.1 Å². The lowest BCUT2D eigenvalue weighted by Crippen LogP contribution is -2.41. The Morgan fingerprint density at radius 3 is 2.25 bits per heavy atom. The van der Waals surface area contributed by atoms with Gasteiger partial charge in [0.05, 0.1) is 23.2 Å². The highest BCUT2D eigenvalue weighted by Crippen LogP contribution is 2.37. The van der Waals surface area contributed by atoms with Gasteiger partial charge in [-0.15, -0.1) is 0 Å². The molecule has 1 aliphatic rings. The van der Waals surface area contributed by atoms with Gasteiger partial charge in [-0.05, 0) is 57.8 Å². The summed E-state index contributed by atoms with van der Waals surface area (Å²) in [7, 11) is -0.577. The molecular weight excluding hydrogens is 256 g/mol. The molecule has 20 heavy (non-hydrogen) atoms. The highest BCUT2D eigenvalue weighted by atomic mass is 19.1. The van der Waals surface area contributed by atoms with Crippen LogP contribution < -0.4 is 5.46 Å². The smallest absolute Gasteiger partial charge is 0.399 e. The Hall–Kier alpha value is -1.38. The monoisotopic (exact) mass is 275 g/mol. The van der Waals surface area contributed by atoms with Crippen molar-refractivity contribution in [2.75, 3.05) is 0 Å². The molecule has 1 fully saturated rings. The molecule has 1 heterocycles. The summed E-state index contributed by atoms with van der Waals surface area (Å²) in [5.74, 6) is -0.776. The number of hydrogen-bond acceptors (Lipinski definition) is 3. The highest BCUT2D eigenvalue weighted by molar-refractivity contribution is 6.62. The van der Waals surface area contributed by atoms with E-state index >= 15 is 0 Å². The molecule has 1 aliphatic heterocycles. The molecule has 1 saturated heterocycles. The predicted octanol–water partition coefficient (Wildman–Crippen LogP) is 2.75. The first-order valence-corrected chi connectivity index (χ1v) is 6.72. The van der Waals surface area contributed by atoms with Crippen LogP contribution in [-0.2, 0) is 9.31 Å². The van der Waals surface area contributed by atoms with Gasteiger partial charge in [0.2, 0.25) is 0 Å². The van der Waals surface area contributed by atoms with E-state index in [-0.39, 0.29) is 5.82 Å². The number of hydrogen-bond donors (Lipinski definition) is 0. The van der Waals surface area contributed by atoms with Gasteiger partial charge in [-0.2, -0.15) is 5.26 Å². The lowest BCUT2D eigenvalue weighted by Gasteiger charge is -2.32. The summed E-state index contributed by atoms with van der Waals surface area (Å²) in [4.78, 5) is 0. The van der Waals surface area contributed by atoms with E-state index in [1.165, 1.54) is 12.1 Å². The maximum absolute atomic E-state index is 13.4. The Bertz CT molecular complexity index is 549. The van der Waals surface area contributed by atoms with Gasteiger partial charge in [-0.25, -0.2) is 4.39 Å². The minimum absolute atomic E-state index is 0.359. The van der Waals surface area contributed by atoms with Gasteiger partial charge in [-0.1, -0.05) is 6.07 Å². The molecule has 1 aromatic carbocycles. The highest BCUT2D eigenvalue weighted by Gasteiger charge is 2.52. The molecule has 0 spiro atoms. The first-order chi connectivity index (χ1) is 9.18. The summed E-state index contributed by atoms with van der Waals surface area (Å²) < 4.78 is 25.4. The maximum atomic E-state index is 13.4. The molecule has 0 bridgehead atoms. The standard InChI is InChI=1S/C15H19BFNO2/c1-10(9-18)12-8-11(17)6-7-13(12)16-19-14(2,3)15(4,5)20-16/h6-8,10H,1-5H3. The van der Waals surface area contributed by atoms with Crippen LogP contribution in [0, 0.1) is 17.1 Å². The molecule has 1 unspecified atom stereocenters. The van der Waals surface area contributed by atoms with E-state index in [2.05, 4.69) is 6.07 Å². The molecule has 106 valence electrons. The van der Waals surface area contributed by atoms with Crippen LogP contribution in [0.3, 0.4) is 0 Å². The number of nitriles is 1. The van der Waals surface area contributed by atoms with Crippen molar-refractivity contribution in [2.45, 2.75) is 51.7 Å². The van der Waals surface area contributed by atoms with Crippen LogP contribution in [0.15, 0.2) is 18.2 Å². The van der Waals surface area contributed by atoms with E-state index in [1.54, 1.807) is 13.0 Å². The van der Waals surface area contributed by atoms with Crippen molar-refractivity contribution in [3.05, 3.63) is 29.6 Å². The van der Waals surface area contributed by atoms with Crippen molar-refractivity contribution in [3.63, 3.8) is 0 Å². The first-order valence-electron chi connectivity index (χ1n) is 6.72. The van der Waals surface area contributed by atoms with Crippen LogP contribution in [0.2, 0.25) is 0 Å². The first kappa shape index (κ1) is 15.0. The quantitative estimate of drug-likeness (QED) is 0.779. The van der Waals surface area contributed by atoms with Crippen LogP contribution in [-0.4, -0.2) is 18.3 Å². The maximum Gasteiger partial charge on any atom is 0.495 e. The largest absolute Gasteiger partial charge is 0.495 e. The predicted molar refractivity (Wildman–Crippen MR) is 76.1 cm³/mol. The third kappa shape index (κ3) is 2.46. The van der Waals surface area contributed by atoms with Crippen LogP contribution in [0.25, 0.3) is 0 Å². The number of benzene rings is 1. The van der Waals surface area contributed by atoms with E-state index in [9.17, 15) is 4.39 Å². The zero-order valence-electron chi connectivity index (χ0n) is 12.5. The molecular formula is C15H19BFNO2. The van der Waals surface area contributed by atoms with Crippen molar-refractivity contribution >= 4 is 12.6 Å². The molecule has 0 N–H and O–H groups in total. The van der Waals surface area contributed by atoms with E-state index in [0.717, 1.165) is 5.46 Å². The lowest BCUT2D eigenvalue weighted by molar-refractivity contribution is 0.00578. The van der Waals surface area contributed by atoms with E-state index in [1.807, 2.05) is 27.7 Å². The Labute approximate surface area is 119 Å². The van der Waals surface area contributed by atoms with Crippen molar-refractivity contribution in [2.24, 2.45) is 0 Å². The Morgan fingerprint density at radius 2 is 1.75 bits per heavy atom. The van der Waals surface area contributed by atoms with Gasteiger partial charge in [0.25, 0.3) is 0 Å². The third-order valence-corrected chi connectivity index (χ3v) is 4.22. The second kappa shape index (κ2) is 4.87. The number of halogens is 1. The third-order valence-electron chi connectivity index (χ3n) is 4.22. The van der Waals surface area contributed by atoms with Gasteiger partial charge in [0, 0.05) is 0 Å². The fourth-order valence-corrected chi connectivity index (χ4v) is 2.17. The lowest BCUT2D eigenvalue weighted by atomic mass is 9.73. The molecule has 0 amide bonds. The van der Waals surface area contributed by atoms with Gasteiger partial charge in [0.1, 0.15) is 5.82 Å². The minimum atomic E-state index is -0.577. The second-order valence-electron chi connectivity index (χ2n) is 6.21. The van der Waals surface area contributed by atoms with Crippen molar-refractivity contribution in [1.29, 1.82) is 5.26 Å². The normalized spacial score (nSPS) is 21.6. The summed E-state index contributed by atoms with van der Waals surface area (Å²) in [5, 5.41) is 9.10. The molecule has 0 aliphatic carbocycles. The molecule has 5 heteroatoms. The van der Waals surface area contributed by atoms with E-state index in [4.69, 9.17) is 14.6 Å². The van der Waals surface area contributed by atoms with Crippen molar-refractivity contribution < 1.29 is 13.7 Å². The van der Waals surface area contributed by atoms with E-state index in [0.29, 0.717) is 5.56 Å². The average molecular weight is 275 g/mol. The van der Waals surface area contributed by atoms with Gasteiger partial charge in [0.15, 0.2) is 0 Å². The topological polar surface area (TPSA) is 42.2 Å². The van der Waals surface area contributed by atoms with Crippen LogP contribution in [0.4, 0.5) is 4.39 Å². The molecule has 1 aromatic rings. The summed E-state index contributed by atoms with van der Waals surface area (Å²) in [6.45, 7) is 9.59. The fourth-order valence-electron chi connectivity index (χ4n) is 2.17. The number of nitrogens with zero attached hydrogens (tertiary/aromatic N) is 1. The van der Waals surface area contributed by atoms with Gasteiger partial charge < -0.3 is 9.31 Å². The molecule has 2 rings (SSSR count). The van der Waals surface area contributed by atoms with Crippen LogP contribution in [0.5, 0.6) is 0 Å². The van der Waals surface area contributed by atoms with Crippen molar-refractivity contribution in [3.8, 4) is 6.07 Å². The van der Waals surface area contributed by atoms with Crippen molar-refractivity contribution in [1.82, 2.24) is 0 Å². The van der Waals surface area contributed by atoms with E-state index < -0.39 is 24.2 Å².